The van der Waals surface area contributed by atoms with Crippen LogP contribution in [-0.2, 0) is 5.41 Å². The van der Waals surface area contributed by atoms with E-state index in [4.69, 9.17) is 11.6 Å². The molecule has 2 nitrogen and oxygen atoms in total. The van der Waals surface area contributed by atoms with Crippen LogP contribution >= 0.6 is 11.6 Å². The smallest absolute Gasteiger partial charge is 0.209 e. The second-order valence-electron chi connectivity index (χ2n) is 9.22. The van der Waals surface area contributed by atoms with Gasteiger partial charge in [-0.1, -0.05) is 43.0 Å². The second-order valence-corrected chi connectivity index (χ2v) is 9.66. The summed E-state index contributed by atoms with van der Waals surface area (Å²) >= 11 is 6.42. The van der Waals surface area contributed by atoms with Crippen LogP contribution in [0, 0.1) is 0 Å². The van der Waals surface area contributed by atoms with Crippen LogP contribution < -0.4 is 4.90 Å². The van der Waals surface area contributed by atoms with E-state index < -0.39 is 0 Å². The zero-order chi connectivity index (χ0) is 20.6. The molecular formula is C27H32ClN2+. The third-order valence-corrected chi connectivity index (χ3v) is 7.68. The monoisotopic (exact) mass is 419 g/mol. The topological polar surface area (TPSA) is 6.25 Å². The van der Waals surface area contributed by atoms with Crippen LogP contribution in [-0.4, -0.2) is 30.4 Å². The van der Waals surface area contributed by atoms with Crippen LogP contribution in [0.5, 0.6) is 0 Å². The number of anilines is 1. The number of benzene rings is 2. The van der Waals surface area contributed by atoms with Crippen molar-refractivity contribution in [3.05, 3.63) is 64.7 Å². The van der Waals surface area contributed by atoms with Gasteiger partial charge < -0.3 is 4.90 Å². The number of nitrogens with zero attached hydrogens (tertiary/aromatic N) is 2. The normalized spacial score (nSPS) is 20.9. The molecule has 5 rings (SSSR count). The van der Waals surface area contributed by atoms with Gasteiger partial charge in [0.2, 0.25) is 5.69 Å². The highest BCUT2D eigenvalue weighted by Crippen LogP contribution is 2.49. The van der Waals surface area contributed by atoms with E-state index in [0.717, 1.165) is 5.02 Å². The Morgan fingerprint density at radius 1 is 0.867 bits per heavy atom. The van der Waals surface area contributed by atoms with Gasteiger partial charge in [0.1, 0.15) is 7.05 Å². The molecule has 0 radical (unpaired) electrons. The van der Waals surface area contributed by atoms with Crippen molar-refractivity contribution in [2.75, 3.05) is 25.0 Å². The molecule has 1 spiro atoms. The molecule has 3 aliphatic rings. The maximum atomic E-state index is 6.42. The lowest BCUT2D eigenvalue weighted by Crippen LogP contribution is -2.36. The highest BCUT2D eigenvalue weighted by Gasteiger charge is 2.50. The van der Waals surface area contributed by atoms with Crippen LogP contribution in [0.15, 0.2) is 48.5 Å². The highest BCUT2D eigenvalue weighted by atomic mass is 35.5. The molecule has 0 unspecified atom stereocenters. The molecule has 0 atom stereocenters. The van der Waals surface area contributed by atoms with Gasteiger partial charge in [0, 0.05) is 41.5 Å². The molecule has 1 saturated heterocycles. The molecule has 0 bridgehead atoms. The van der Waals surface area contributed by atoms with E-state index in [1.54, 1.807) is 0 Å². The average Bonchev–Trinajstić information content (AvgIpc) is 3.00. The molecule has 1 aliphatic carbocycles. The minimum absolute atomic E-state index is 0.122. The molecule has 156 valence electrons. The Balaban J connectivity index is 1.44. The zero-order valence-corrected chi connectivity index (χ0v) is 18.8. The van der Waals surface area contributed by atoms with Gasteiger partial charge in [-0.2, -0.15) is 4.58 Å². The summed E-state index contributed by atoms with van der Waals surface area (Å²) < 4.78 is 2.40. The van der Waals surface area contributed by atoms with Crippen molar-refractivity contribution in [3.8, 4) is 0 Å². The first kappa shape index (κ1) is 19.9. The highest BCUT2D eigenvalue weighted by molar-refractivity contribution is 6.30. The minimum Gasteiger partial charge on any atom is -0.372 e. The Hall–Kier alpha value is -2.06. The van der Waals surface area contributed by atoms with Crippen molar-refractivity contribution >= 4 is 34.8 Å². The largest absolute Gasteiger partial charge is 0.372 e. The molecule has 0 amide bonds. The first-order chi connectivity index (χ1) is 14.7. The molecule has 1 saturated carbocycles. The number of rotatable bonds is 3. The number of allylic oxidation sites excluding steroid dienone is 1. The van der Waals surface area contributed by atoms with Crippen LogP contribution in [0.25, 0.3) is 6.08 Å². The Morgan fingerprint density at radius 2 is 1.57 bits per heavy atom. The predicted molar refractivity (Wildman–Crippen MR) is 129 cm³/mol. The predicted octanol–water partition coefficient (Wildman–Crippen LogP) is 6.97. The summed E-state index contributed by atoms with van der Waals surface area (Å²) in [5.74, 6) is 0. The lowest BCUT2D eigenvalue weighted by molar-refractivity contribution is -0.401. The van der Waals surface area contributed by atoms with Gasteiger partial charge in [0.25, 0.3) is 0 Å². The molecule has 2 heterocycles. The molecule has 3 heteroatoms. The molecule has 30 heavy (non-hydrogen) atoms. The standard InChI is InChI=1S/C27H32ClN2/c1-29-25-14-11-22(28)20-24(25)27(16-4-2-5-17-27)26(29)15-10-21-8-12-23(13-9-21)30-18-6-3-7-19-30/h8-15,20H,2-7,16-19H2,1H3/q+1. The van der Waals surface area contributed by atoms with Gasteiger partial charge >= 0.3 is 0 Å². The van der Waals surface area contributed by atoms with E-state index in [-0.39, 0.29) is 5.41 Å². The van der Waals surface area contributed by atoms with E-state index in [0.29, 0.717) is 0 Å². The molecule has 2 aromatic rings. The quantitative estimate of drug-likeness (QED) is 0.486. The third kappa shape index (κ3) is 3.50. The third-order valence-electron chi connectivity index (χ3n) is 7.44. The Labute approximate surface area is 185 Å². The van der Waals surface area contributed by atoms with Gasteiger partial charge in [0.05, 0.1) is 5.41 Å². The van der Waals surface area contributed by atoms with Gasteiger partial charge in [-0.15, -0.1) is 0 Å². The lowest BCUT2D eigenvalue weighted by Gasteiger charge is -2.31. The first-order valence-corrected chi connectivity index (χ1v) is 12.0. The van der Waals surface area contributed by atoms with Crippen molar-refractivity contribution < 1.29 is 4.58 Å². The van der Waals surface area contributed by atoms with E-state index in [1.807, 2.05) is 6.07 Å². The minimum atomic E-state index is 0.122. The Morgan fingerprint density at radius 3 is 2.30 bits per heavy atom. The van der Waals surface area contributed by atoms with E-state index in [2.05, 4.69) is 65.1 Å². The summed E-state index contributed by atoms with van der Waals surface area (Å²) in [6.45, 7) is 2.39. The Kier molecular flexibility index (Phi) is 5.45. The number of fused-ring (bicyclic) bond motifs is 2. The van der Waals surface area contributed by atoms with Crippen LogP contribution in [0.3, 0.4) is 0 Å². The number of piperidine rings is 1. The summed E-state index contributed by atoms with van der Waals surface area (Å²) in [5.41, 5.74) is 6.94. The van der Waals surface area contributed by atoms with Crippen molar-refractivity contribution in [2.45, 2.75) is 56.8 Å². The number of hydrogen-bond acceptors (Lipinski definition) is 1. The summed E-state index contributed by atoms with van der Waals surface area (Å²) in [5, 5.41) is 0.852. The fourth-order valence-corrected chi connectivity index (χ4v) is 6.02. The first-order valence-electron chi connectivity index (χ1n) is 11.6. The maximum Gasteiger partial charge on any atom is 0.209 e. The molecule has 2 aromatic carbocycles. The molecule has 0 aromatic heterocycles. The van der Waals surface area contributed by atoms with Gasteiger partial charge in [-0.25, -0.2) is 0 Å². The van der Waals surface area contributed by atoms with E-state index in [1.165, 1.54) is 92.7 Å². The van der Waals surface area contributed by atoms with Crippen LogP contribution in [0.4, 0.5) is 11.4 Å². The van der Waals surface area contributed by atoms with Crippen molar-refractivity contribution in [1.82, 2.24) is 0 Å². The SMILES string of the molecule is C[N+]1=C(/C=C/c2ccc(N3CCCCC3)cc2)C2(CCCCC2)c2cc(Cl)ccc21. The fourth-order valence-electron chi connectivity index (χ4n) is 5.85. The fraction of sp³-hybridized carbons (Fsp3) is 0.444. The molecule has 0 N–H and O–H groups in total. The van der Waals surface area contributed by atoms with E-state index >= 15 is 0 Å². The van der Waals surface area contributed by atoms with Crippen LogP contribution in [0.1, 0.15) is 62.5 Å². The van der Waals surface area contributed by atoms with Crippen molar-refractivity contribution in [1.29, 1.82) is 0 Å². The van der Waals surface area contributed by atoms with Gasteiger partial charge in [0.15, 0.2) is 5.71 Å². The van der Waals surface area contributed by atoms with Crippen LogP contribution in [0.2, 0.25) is 5.02 Å². The average molecular weight is 420 g/mol. The second kappa shape index (κ2) is 8.23. The van der Waals surface area contributed by atoms with Gasteiger partial charge in [-0.3, -0.25) is 0 Å². The van der Waals surface area contributed by atoms with Crippen molar-refractivity contribution in [2.24, 2.45) is 0 Å². The van der Waals surface area contributed by atoms with E-state index in [9.17, 15) is 0 Å². The molecular weight excluding hydrogens is 388 g/mol. The maximum absolute atomic E-state index is 6.42. The van der Waals surface area contributed by atoms with Gasteiger partial charge in [-0.05, 0) is 68.0 Å². The summed E-state index contributed by atoms with van der Waals surface area (Å²) in [7, 11) is 2.22. The molecule has 2 fully saturated rings. The lowest BCUT2D eigenvalue weighted by atomic mass is 9.67. The summed E-state index contributed by atoms with van der Waals surface area (Å²) in [6.07, 6.45) is 15.1. The summed E-state index contributed by atoms with van der Waals surface area (Å²) in [4.78, 5) is 2.52. The Bertz CT molecular complexity index is 974. The number of hydrogen-bond donors (Lipinski definition) is 0. The van der Waals surface area contributed by atoms with Crippen molar-refractivity contribution in [3.63, 3.8) is 0 Å². The zero-order valence-electron chi connectivity index (χ0n) is 18.0. The molecule has 2 aliphatic heterocycles. The summed E-state index contributed by atoms with van der Waals surface area (Å²) in [6, 6.07) is 15.6. The number of halogens is 1.